The van der Waals surface area contributed by atoms with Gasteiger partial charge in [0.2, 0.25) is 5.91 Å². The van der Waals surface area contributed by atoms with Gasteiger partial charge in [0.05, 0.1) is 0 Å². The Morgan fingerprint density at radius 2 is 2.10 bits per heavy atom. The highest BCUT2D eigenvalue weighted by Crippen LogP contribution is 2.27. The van der Waals surface area contributed by atoms with Gasteiger partial charge in [-0.15, -0.1) is 0 Å². The van der Waals surface area contributed by atoms with E-state index in [2.05, 4.69) is 5.16 Å². The molecule has 1 aliphatic rings. The van der Waals surface area contributed by atoms with Gasteiger partial charge in [0.25, 0.3) is 0 Å². The van der Waals surface area contributed by atoms with Crippen LogP contribution in [0.2, 0.25) is 0 Å². The van der Waals surface area contributed by atoms with Crippen molar-refractivity contribution in [1.29, 1.82) is 0 Å². The van der Waals surface area contributed by atoms with Crippen molar-refractivity contribution in [1.82, 2.24) is 0 Å². The quantitative estimate of drug-likeness (QED) is 0.387. The first-order valence-corrected chi connectivity index (χ1v) is 7.46. The van der Waals surface area contributed by atoms with Gasteiger partial charge in [0, 0.05) is 24.7 Å². The number of carbonyl (C=O) groups is 1. The number of carbonyl (C=O) groups excluding carboxylic acids is 1. The lowest BCUT2D eigenvalue weighted by Gasteiger charge is -2.24. The van der Waals surface area contributed by atoms with Crippen LogP contribution in [0.25, 0.3) is 0 Å². The molecule has 3 N–H and O–H groups in total. The maximum absolute atomic E-state index is 12.4. The average Bonchev–Trinajstić information content (AvgIpc) is 2.54. The van der Waals surface area contributed by atoms with Gasteiger partial charge >= 0.3 is 0 Å². The average molecular weight is 289 g/mol. The highest BCUT2D eigenvalue weighted by Gasteiger charge is 2.20. The summed E-state index contributed by atoms with van der Waals surface area (Å²) in [5, 5.41) is 11.7. The lowest BCUT2D eigenvalue weighted by atomic mass is 9.86. The molecule has 0 unspecified atom stereocenters. The standard InChI is InChI=1S/C16H23N3O2/c1-19(15(20)10-12-6-3-2-4-7-12)14-9-5-8-13(11-14)16(17)18-21/h5,8-9,11-12,21H,2-4,6-7,10H2,1H3,(H2,17,18). The predicted molar refractivity (Wildman–Crippen MR) is 83.6 cm³/mol. The number of hydrogen-bond donors (Lipinski definition) is 2. The van der Waals surface area contributed by atoms with Crippen molar-refractivity contribution in [2.75, 3.05) is 11.9 Å². The number of oxime groups is 1. The molecule has 1 aromatic carbocycles. The van der Waals surface area contributed by atoms with Crippen molar-refractivity contribution < 1.29 is 10.0 Å². The Hall–Kier alpha value is -2.04. The minimum Gasteiger partial charge on any atom is -0.409 e. The van der Waals surface area contributed by atoms with Crippen LogP contribution in [0.3, 0.4) is 0 Å². The third kappa shape index (κ3) is 3.97. The third-order valence-corrected chi connectivity index (χ3v) is 4.20. The van der Waals surface area contributed by atoms with E-state index in [1.165, 1.54) is 19.3 Å². The van der Waals surface area contributed by atoms with E-state index in [0.29, 0.717) is 17.9 Å². The number of hydrogen-bond acceptors (Lipinski definition) is 3. The smallest absolute Gasteiger partial charge is 0.226 e. The molecule has 0 aliphatic heterocycles. The van der Waals surface area contributed by atoms with E-state index in [0.717, 1.165) is 18.5 Å². The highest BCUT2D eigenvalue weighted by molar-refractivity contribution is 5.99. The second-order valence-electron chi connectivity index (χ2n) is 5.70. The normalized spacial score (nSPS) is 16.7. The van der Waals surface area contributed by atoms with Crippen molar-refractivity contribution in [3.63, 3.8) is 0 Å². The van der Waals surface area contributed by atoms with Gasteiger partial charge in [-0.3, -0.25) is 4.79 Å². The number of rotatable bonds is 4. The zero-order chi connectivity index (χ0) is 15.2. The van der Waals surface area contributed by atoms with Gasteiger partial charge in [-0.25, -0.2) is 0 Å². The summed E-state index contributed by atoms with van der Waals surface area (Å²) in [5.41, 5.74) is 6.95. The van der Waals surface area contributed by atoms with Crippen LogP contribution in [0.4, 0.5) is 5.69 Å². The second kappa shape index (κ2) is 7.11. The molecule has 0 radical (unpaired) electrons. The summed E-state index contributed by atoms with van der Waals surface area (Å²) < 4.78 is 0. The molecule has 1 aliphatic carbocycles. The zero-order valence-electron chi connectivity index (χ0n) is 12.5. The number of amides is 1. The molecular weight excluding hydrogens is 266 g/mol. The molecule has 0 spiro atoms. The monoisotopic (exact) mass is 289 g/mol. The zero-order valence-corrected chi connectivity index (χ0v) is 12.5. The molecule has 5 heteroatoms. The highest BCUT2D eigenvalue weighted by atomic mass is 16.4. The summed E-state index contributed by atoms with van der Waals surface area (Å²) in [5.74, 6) is 0.685. The Morgan fingerprint density at radius 1 is 1.38 bits per heavy atom. The first-order valence-electron chi connectivity index (χ1n) is 7.46. The van der Waals surface area contributed by atoms with Crippen LogP contribution < -0.4 is 10.6 Å². The summed E-state index contributed by atoms with van der Waals surface area (Å²) in [7, 11) is 1.77. The fraction of sp³-hybridized carbons (Fsp3) is 0.500. The predicted octanol–water partition coefficient (Wildman–Crippen LogP) is 2.71. The Bertz CT molecular complexity index is 522. The van der Waals surface area contributed by atoms with Crippen molar-refractivity contribution in [2.24, 2.45) is 16.8 Å². The maximum Gasteiger partial charge on any atom is 0.226 e. The topological polar surface area (TPSA) is 78.9 Å². The Kier molecular flexibility index (Phi) is 5.20. The summed E-state index contributed by atoms with van der Waals surface area (Å²) in [6.07, 6.45) is 6.68. The van der Waals surface area contributed by atoms with Crippen LogP contribution >= 0.6 is 0 Å². The molecule has 21 heavy (non-hydrogen) atoms. The minimum atomic E-state index is 0.0463. The van der Waals surface area contributed by atoms with E-state index < -0.39 is 0 Å². The Labute approximate surface area is 125 Å². The molecule has 1 fully saturated rings. The molecule has 1 aromatic rings. The SMILES string of the molecule is CN(C(=O)CC1CCCCC1)c1cccc(C(N)=NO)c1. The molecule has 5 nitrogen and oxygen atoms in total. The summed E-state index contributed by atoms with van der Waals surface area (Å²) in [4.78, 5) is 14.0. The van der Waals surface area contributed by atoms with Crippen LogP contribution in [-0.2, 0) is 4.79 Å². The van der Waals surface area contributed by atoms with E-state index in [-0.39, 0.29) is 11.7 Å². The van der Waals surface area contributed by atoms with Gasteiger partial charge in [-0.2, -0.15) is 0 Å². The number of amidine groups is 1. The molecule has 1 saturated carbocycles. The van der Waals surface area contributed by atoms with E-state index >= 15 is 0 Å². The number of nitrogens with zero attached hydrogens (tertiary/aromatic N) is 2. The van der Waals surface area contributed by atoms with E-state index in [1.54, 1.807) is 30.1 Å². The van der Waals surface area contributed by atoms with Crippen molar-refractivity contribution in [2.45, 2.75) is 38.5 Å². The lowest BCUT2D eigenvalue weighted by Crippen LogP contribution is -2.29. The van der Waals surface area contributed by atoms with Crippen LogP contribution in [0.1, 0.15) is 44.1 Å². The van der Waals surface area contributed by atoms with Gasteiger partial charge in [-0.1, -0.05) is 36.6 Å². The van der Waals surface area contributed by atoms with E-state index in [9.17, 15) is 4.79 Å². The molecule has 0 atom stereocenters. The number of benzene rings is 1. The van der Waals surface area contributed by atoms with Crippen molar-refractivity contribution in [3.8, 4) is 0 Å². The lowest BCUT2D eigenvalue weighted by molar-refractivity contribution is -0.119. The maximum atomic E-state index is 12.4. The fourth-order valence-electron chi connectivity index (χ4n) is 2.85. The molecule has 1 amide bonds. The molecule has 0 heterocycles. The molecule has 114 valence electrons. The summed E-state index contributed by atoms with van der Waals surface area (Å²) in [6.45, 7) is 0. The largest absolute Gasteiger partial charge is 0.409 e. The molecule has 0 saturated heterocycles. The molecule has 0 aromatic heterocycles. The van der Waals surface area contributed by atoms with Crippen LogP contribution in [0.5, 0.6) is 0 Å². The van der Waals surface area contributed by atoms with Crippen LogP contribution in [0.15, 0.2) is 29.4 Å². The summed E-state index contributed by atoms with van der Waals surface area (Å²) in [6, 6.07) is 7.16. The molecule has 0 bridgehead atoms. The molecule has 2 rings (SSSR count). The van der Waals surface area contributed by atoms with Gasteiger partial charge < -0.3 is 15.8 Å². The Morgan fingerprint density at radius 3 is 2.76 bits per heavy atom. The first kappa shape index (κ1) is 15.4. The third-order valence-electron chi connectivity index (χ3n) is 4.20. The molecular formula is C16H23N3O2. The van der Waals surface area contributed by atoms with Gasteiger partial charge in [0.15, 0.2) is 5.84 Å². The summed E-state index contributed by atoms with van der Waals surface area (Å²) >= 11 is 0. The van der Waals surface area contributed by atoms with Crippen molar-refractivity contribution >= 4 is 17.4 Å². The number of nitrogens with two attached hydrogens (primary N) is 1. The second-order valence-corrected chi connectivity index (χ2v) is 5.70. The van der Waals surface area contributed by atoms with Gasteiger partial charge in [0.1, 0.15) is 0 Å². The van der Waals surface area contributed by atoms with Crippen molar-refractivity contribution in [3.05, 3.63) is 29.8 Å². The van der Waals surface area contributed by atoms with E-state index in [1.807, 2.05) is 6.07 Å². The Balaban J connectivity index is 2.04. The van der Waals surface area contributed by atoms with Crippen LogP contribution in [0, 0.1) is 5.92 Å². The first-order chi connectivity index (χ1) is 10.1. The van der Waals surface area contributed by atoms with Crippen LogP contribution in [-0.4, -0.2) is 24.0 Å². The fourth-order valence-corrected chi connectivity index (χ4v) is 2.85. The van der Waals surface area contributed by atoms with Gasteiger partial charge in [-0.05, 0) is 30.9 Å². The van der Waals surface area contributed by atoms with E-state index in [4.69, 9.17) is 10.9 Å². The minimum absolute atomic E-state index is 0.0463. The number of anilines is 1.